The highest BCUT2D eigenvalue weighted by Crippen LogP contribution is 2.35. The van der Waals surface area contributed by atoms with Gasteiger partial charge in [0.05, 0.1) is 37.0 Å². The molecule has 7 heteroatoms. The van der Waals surface area contributed by atoms with Crippen molar-refractivity contribution >= 4 is 22.7 Å². The number of benzene rings is 3. The molecule has 0 saturated carbocycles. The first kappa shape index (κ1) is 20.6. The van der Waals surface area contributed by atoms with Gasteiger partial charge in [-0.25, -0.2) is 5.01 Å². The summed E-state index contributed by atoms with van der Waals surface area (Å²) in [5, 5.41) is 6.33. The summed E-state index contributed by atoms with van der Waals surface area (Å²) in [7, 11) is 3.23. The average molecular weight is 438 g/mol. The molecule has 0 fully saturated rings. The summed E-state index contributed by atoms with van der Waals surface area (Å²) in [5.41, 5.74) is 4.82. The largest absolute Gasteiger partial charge is 0.497 e. The zero-order valence-electron chi connectivity index (χ0n) is 18.3. The van der Waals surface area contributed by atoms with E-state index < -0.39 is 0 Å². The number of methoxy groups -OCH3 is 2. The van der Waals surface area contributed by atoms with Gasteiger partial charge in [0.2, 0.25) is 0 Å². The molecule has 33 heavy (non-hydrogen) atoms. The van der Waals surface area contributed by atoms with Crippen LogP contribution in [-0.4, -0.2) is 40.8 Å². The smallest absolute Gasteiger partial charge is 0.274 e. The molecule has 164 valence electrons. The zero-order chi connectivity index (χ0) is 22.8. The number of rotatable bonds is 5. The van der Waals surface area contributed by atoms with E-state index >= 15 is 0 Å². The van der Waals surface area contributed by atoms with Crippen LogP contribution in [0.25, 0.3) is 11.0 Å². The molecule has 5 rings (SSSR count). The van der Waals surface area contributed by atoms with Gasteiger partial charge in [-0.05, 0) is 54.1 Å². The van der Waals surface area contributed by atoms with Crippen LogP contribution in [0.2, 0.25) is 0 Å². The first-order valence-corrected chi connectivity index (χ1v) is 10.6. The molecule has 1 aromatic heterocycles. The molecular weight excluding hydrogens is 416 g/mol. The predicted molar refractivity (Wildman–Crippen MR) is 126 cm³/mol. The lowest BCUT2D eigenvalue weighted by molar-refractivity contribution is 0.0711. The molecule has 7 nitrogen and oxygen atoms in total. The molecule has 0 bridgehead atoms. The Morgan fingerprint density at radius 2 is 1.64 bits per heavy atom. The molecule has 0 radical (unpaired) electrons. The number of aromatic nitrogens is 2. The normalized spacial score (nSPS) is 15.4. The number of carbonyl (C=O) groups is 1. The highest BCUT2D eigenvalue weighted by atomic mass is 16.5. The van der Waals surface area contributed by atoms with E-state index in [-0.39, 0.29) is 11.9 Å². The number of fused-ring (bicyclic) bond motifs is 1. The van der Waals surface area contributed by atoms with Gasteiger partial charge < -0.3 is 9.47 Å². The van der Waals surface area contributed by atoms with Crippen LogP contribution in [0.1, 0.15) is 33.9 Å². The van der Waals surface area contributed by atoms with Gasteiger partial charge in [-0.3, -0.25) is 14.8 Å². The first-order chi connectivity index (χ1) is 16.2. The van der Waals surface area contributed by atoms with Gasteiger partial charge in [-0.1, -0.05) is 18.2 Å². The number of hydrogen-bond acceptors (Lipinski definition) is 6. The minimum atomic E-state index is -0.271. The number of amides is 1. The van der Waals surface area contributed by atoms with Gasteiger partial charge in [0.15, 0.2) is 0 Å². The van der Waals surface area contributed by atoms with Crippen LogP contribution in [0.3, 0.4) is 0 Å². The van der Waals surface area contributed by atoms with Crippen LogP contribution < -0.4 is 9.47 Å². The Hall–Kier alpha value is -4.26. The predicted octanol–water partition coefficient (Wildman–Crippen LogP) is 4.64. The maximum absolute atomic E-state index is 13.5. The molecule has 1 amide bonds. The molecule has 0 aliphatic carbocycles. The number of hydrogen-bond donors (Lipinski definition) is 0. The summed E-state index contributed by atoms with van der Waals surface area (Å²) in [4.78, 5) is 22.3. The maximum Gasteiger partial charge on any atom is 0.274 e. The highest BCUT2D eigenvalue weighted by molar-refractivity contribution is 6.05. The maximum atomic E-state index is 13.5. The van der Waals surface area contributed by atoms with Gasteiger partial charge >= 0.3 is 0 Å². The van der Waals surface area contributed by atoms with E-state index in [9.17, 15) is 4.79 Å². The Bertz CT molecular complexity index is 1350. The lowest BCUT2D eigenvalue weighted by atomic mass is 9.97. The van der Waals surface area contributed by atoms with Gasteiger partial charge in [0, 0.05) is 29.9 Å². The first-order valence-electron chi connectivity index (χ1n) is 10.6. The van der Waals surface area contributed by atoms with Crippen LogP contribution in [-0.2, 0) is 0 Å². The molecule has 2 heterocycles. The van der Waals surface area contributed by atoms with Crippen LogP contribution in [0.5, 0.6) is 11.5 Å². The van der Waals surface area contributed by atoms with Crippen molar-refractivity contribution in [3.05, 3.63) is 95.8 Å². The van der Waals surface area contributed by atoms with E-state index in [0.29, 0.717) is 17.7 Å². The minimum absolute atomic E-state index is 0.181. The van der Waals surface area contributed by atoms with Gasteiger partial charge in [0.1, 0.15) is 11.5 Å². The second-order valence-corrected chi connectivity index (χ2v) is 7.68. The molecule has 1 atom stereocenters. The van der Waals surface area contributed by atoms with Crippen molar-refractivity contribution in [3.8, 4) is 11.5 Å². The van der Waals surface area contributed by atoms with Crippen molar-refractivity contribution in [2.75, 3.05) is 14.2 Å². The number of nitrogens with zero attached hydrogens (tertiary/aromatic N) is 4. The Morgan fingerprint density at radius 1 is 0.879 bits per heavy atom. The van der Waals surface area contributed by atoms with Gasteiger partial charge in [0.25, 0.3) is 5.91 Å². The summed E-state index contributed by atoms with van der Waals surface area (Å²) < 4.78 is 10.6. The average Bonchev–Trinajstić information content (AvgIpc) is 3.33. The standard InChI is InChI=1S/C26H22N4O3/c1-32-20-9-6-17(7-10-20)26(31)30-25(19-8-11-22-24(15-19)28-13-12-27-22)16-23(29-30)18-4-3-5-21(14-18)33-2/h3-15,25H,16H2,1-2H3. The molecule has 3 aromatic carbocycles. The lowest BCUT2D eigenvalue weighted by Gasteiger charge is -2.22. The minimum Gasteiger partial charge on any atom is -0.497 e. The highest BCUT2D eigenvalue weighted by Gasteiger charge is 2.34. The summed E-state index contributed by atoms with van der Waals surface area (Å²) in [6.07, 6.45) is 3.90. The summed E-state index contributed by atoms with van der Waals surface area (Å²) in [6, 6.07) is 20.4. The lowest BCUT2D eigenvalue weighted by Crippen LogP contribution is -2.27. The van der Waals surface area contributed by atoms with Gasteiger partial charge in [-0.15, -0.1) is 0 Å². The Balaban J connectivity index is 1.55. The van der Waals surface area contributed by atoms with Gasteiger partial charge in [-0.2, -0.15) is 5.10 Å². The van der Waals surface area contributed by atoms with Crippen molar-refractivity contribution in [3.63, 3.8) is 0 Å². The van der Waals surface area contributed by atoms with E-state index in [1.54, 1.807) is 55.9 Å². The van der Waals surface area contributed by atoms with E-state index in [2.05, 4.69) is 9.97 Å². The number of hydrazone groups is 1. The molecular formula is C26H22N4O3. The second kappa shape index (κ2) is 8.70. The third kappa shape index (κ3) is 4.01. The fraction of sp³-hybridized carbons (Fsp3) is 0.154. The molecule has 1 unspecified atom stereocenters. The Morgan fingerprint density at radius 3 is 2.39 bits per heavy atom. The Kier molecular flexibility index (Phi) is 5.44. The molecule has 0 saturated heterocycles. The van der Waals surface area contributed by atoms with Crippen molar-refractivity contribution in [1.29, 1.82) is 0 Å². The van der Waals surface area contributed by atoms with Crippen LogP contribution in [0.15, 0.2) is 84.2 Å². The third-order valence-corrected chi connectivity index (χ3v) is 5.74. The van der Waals surface area contributed by atoms with Crippen LogP contribution in [0.4, 0.5) is 0 Å². The monoisotopic (exact) mass is 438 g/mol. The summed E-state index contributed by atoms with van der Waals surface area (Å²) >= 11 is 0. The van der Waals surface area contributed by atoms with Crippen LogP contribution >= 0.6 is 0 Å². The number of carbonyl (C=O) groups excluding carboxylic acids is 1. The van der Waals surface area contributed by atoms with Crippen molar-refractivity contribution in [2.24, 2.45) is 5.10 Å². The van der Waals surface area contributed by atoms with Crippen LogP contribution in [0, 0.1) is 0 Å². The third-order valence-electron chi connectivity index (χ3n) is 5.74. The van der Waals surface area contributed by atoms with E-state index in [1.165, 1.54) is 0 Å². The van der Waals surface area contributed by atoms with E-state index in [0.717, 1.165) is 33.6 Å². The molecule has 4 aromatic rings. The fourth-order valence-corrected chi connectivity index (χ4v) is 3.99. The Labute approximate surface area is 191 Å². The van der Waals surface area contributed by atoms with Crippen molar-refractivity contribution < 1.29 is 14.3 Å². The van der Waals surface area contributed by atoms with Crippen molar-refractivity contribution in [1.82, 2.24) is 15.0 Å². The SMILES string of the molecule is COc1ccc(C(=O)N2N=C(c3cccc(OC)c3)CC2c2ccc3nccnc3c2)cc1. The topological polar surface area (TPSA) is 76.9 Å². The molecule has 0 N–H and O–H groups in total. The molecule has 1 aliphatic rings. The molecule has 0 spiro atoms. The number of ether oxygens (including phenoxy) is 2. The fourth-order valence-electron chi connectivity index (χ4n) is 3.99. The zero-order valence-corrected chi connectivity index (χ0v) is 18.3. The van der Waals surface area contributed by atoms with E-state index in [4.69, 9.17) is 14.6 Å². The quantitative estimate of drug-likeness (QED) is 0.454. The van der Waals surface area contributed by atoms with Crippen molar-refractivity contribution in [2.45, 2.75) is 12.5 Å². The summed E-state index contributed by atoms with van der Waals surface area (Å²) in [5.74, 6) is 1.26. The molecule has 1 aliphatic heterocycles. The van der Waals surface area contributed by atoms with E-state index in [1.807, 2.05) is 42.5 Å². The second-order valence-electron chi connectivity index (χ2n) is 7.68. The summed E-state index contributed by atoms with van der Waals surface area (Å²) in [6.45, 7) is 0.